The summed E-state index contributed by atoms with van der Waals surface area (Å²) in [5.41, 5.74) is 2.82. The van der Waals surface area contributed by atoms with Crippen LogP contribution in [0.1, 0.15) is 60.4 Å². The first-order valence-electron chi connectivity index (χ1n) is 12.1. The molecule has 1 aliphatic carbocycles. The zero-order valence-electron chi connectivity index (χ0n) is 18.7. The monoisotopic (exact) mass is 443 g/mol. The van der Waals surface area contributed by atoms with E-state index in [0.29, 0.717) is 12.1 Å². The average molecular weight is 444 g/mol. The number of rotatable bonds is 4. The van der Waals surface area contributed by atoms with E-state index in [1.165, 1.54) is 0 Å². The van der Waals surface area contributed by atoms with Gasteiger partial charge in [0.05, 0.1) is 17.6 Å². The molecule has 2 amide bonds. The second-order valence-corrected chi connectivity index (χ2v) is 9.65. The van der Waals surface area contributed by atoms with Gasteiger partial charge < -0.3 is 19.9 Å². The van der Waals surface area contributed by atoms with E-state index in [9.17, 15) is 9.59 Å². The molecule has 3 aliphatic rings. The second-order valence-electron chi connectivity index (χ2n) is 9.65. The van der Waals surface area contributed by atoms with Crippen LogP contribution in [-0.2, 0) is 9.53 Å². The van der Waals surface area contributed by atoms with Crippen molar-refractivity contribution >= 4 is 28.4 Å². The molecule has 3 aromatic rings. The Balaban J connectivity index is 1.41. The molecule has 6 nitrogen and oxygen atoms in total. The van der Waals surface area contributed by atoms with Gasteiger partial charge >= 0.3 is 0 Å². The van der Waals surface area contributed by atoms with Gasteiger partial charge in [-0.15, -0.1) is 0 Å². The van der Waals surface area contributed by atoms with Crippen molar-refractivity contribution in [2.75, 3.05) is 18.5 Å². The fourth-order valence-electron chi connectivity index (χ4n) is 6.27. The lowest BCUT2D eigenvalue weighted by Crippen LogP contribution is -2.61. The minimum absolute atomic E-state index is 0.0379. The van der Waals surface area contributed by atoms with E-state index in [2.05, 4.69) is 10.3 Å². The summed E-state index contributed by atoms with van der Waals surface area (Å²) in [6, 6.07) is 15.6. The minimum atomic E-state index is -0.500. The molecule has 2 N–H and O–H groups in total. The van der Waals surface area contributed by atoms with Crippen LogP contribution in [0.2, 0.25) is 0 Å². The van der Waals surface area contributed by atoms with E-state index < -0.39 is 11.5 Å². The summed E-state index contributed by atoms with van der Waals surface area (Å²) >= 11 is 0. The maximum Gasteiger partial charge on any atom is 0.254 e. The number of anilines is 1. The highest BCUT2D eigenvalue weighted by Gasteiger charge is 2.56. The third-order valence-corrected chi connectivity index (χ3v) is 7.78. The predicted octanol–water partition coefficient (Wildman–Crippen LogP) is 4.84. The highest BCUT2D eigenvalue weighted by Crippen LogP contribution is 2.51. The topological polar surface area (TPSA) is 74.4 Å². The van der Waals surface area contributed by atoms with E-state index >= 15 is 0 Å². The van der Waals surface area contributed by atoms with Crippen LogP contribution < -0.4 is 5.32 Å². The van der Waals surface area contributed by atoms with Crippen LogP contribution in [0.25, 0.3) is 10.9 Å². The van der Waals surface area contributed by atoms with Gasteiger partial charge in [0.15, 0.2) is 0 Å². The summed E-state index contributed by atoms with van der Waals surface area (Å²) < 4.78 is 5.92. The maximum absolute atomic E-state index is 14.0. The predicted molar refractivity (Wildman–Crippen MR) is 127 cm³/mol. The molecule has 0 bridgehead atoms. The van der Waals surface area contributed by atoms with Crippen molar-refractivity contribution in [3.63, 3.8) is 0 Å². The first kappa shape index (κ1) is 20.5. The summed E-state index contributed by atoms with van der Waals surface area (Å²) in [6.07, 6.45) is 7.68. The smallest absolute Gasteiger partial charge is 0.254 e. The molecule has 1 aromatic heterocycles. The molecular weight excluding hydrogens is 414 g/mol. The van der Waals surface area contributed by atoms with Crippen molar-refractivity contribution < 1.29 is 14.3 Å². The summed E-state index contributed by atoms with van der Waals surface area (Å²) in [5, 5.41) is 4.25. The quantitative estimate of drug-likeness (QED) is 0.606. The fraction of sp³-hybridized carbons (Fsp3) is 0.407. The van der Waals surface area contributed by atoms with Gasteiger partial charge in [-0.2, -0.15) is 0 Å². The molecule has 2 atom stereocenters. The van der Waals surface area contributed by atoms with E-state index in [4.69, 9.17) is 4.74 Å². The standard InChI is InChI=1S/C27H29N3O3/c31-25(29-19-9-10-23-18(16-19)11-14-28-23)24-21-7-1-2-8-22(21)26(32)30(17-20-6-5-15-33-20)27(24)12-3-4-13-27/h1-2,7-11,14,16,20,24,28H,3-6,12-13,15,17H2,(H,29,31)/t20-,24+/m0/s1. The van der Waals surface area contributed by atoms with Crippen molar-refractivity contribution in [2.24, 2.45) is 0 Å². The van der Waals surface area contributed by atoms with Crippen molar-refractivity contribution in [2.45, 2.75) is 56.1 Å². The Morgan fingerprint density at radius 2 is 1.97 bits per heavy atom. The third-order valence-electron chi connectivity index (χ3n) is 7.78. The number of aromatic amines is 1. The lowest BCUT2D eigenvalue weighted by molar-refractivity contribution is -0.121. The number of fused-ring (bicyclic) bond motifs is 2. The Hall–Kier alpha value is -3.12. The zero-order valence-corrected chi connectivity index (χ0v) is 18.7. The Kier molecular flexibility index (Phi) is 4.98. The normalized spacial score (nSPS) is 23.9. The van der Waals surface area contributed by atoms with Crippen LogP contribution >= 0.6 is 0 Å². The van der Waals surface area contributed by atoms with E-state index in [1.807, 2.05) is 59.6 Å². The number of H-pyrrole nitrogens is 1. The number of carbonyl (C=O) groups is 2. The molecule has 3 heterocycles. The molecule has 170 valence electrons. The van der Waals surface area contributed by atoms with E-state index in [-0.39, 0.29) is 17.9 Å². The first-order chi connectivity index (χ1) is 16.2. The highest BCUT2D eigenvalue weighted by atomic mass is 16.5. The van der Waals surface area contributed by atoms with Gasteiger partial charge in [0, 0.05) is 41.5 Å². The summed E-state index contributed by atoms with van der Waals surface area (Å²) in [4.78, 5) is 32.9. The number of nitrogens with one attached hydrogen (secondary N) is 2. The number of aromatic nitrogens is 1. The molecule has 1 spiro atoms. The van der Waals surface area contributed by atoms with Crippen LogP contribution in [0.5, 0.6) is 0 Å². The number of ether oxygens (including phenoxy) is 1. The van der Waals surface area contributed by atoms with Crippen molar-refractivity contribution in [3.05, 3.63) is 65.9 Å². The van der Waals surface area contributed by atoms with Crippen LogP contribution in [-0.4, -0.2) is 46.5 Å². The Bertz CT molecular complexity index is 1200. The van der Waals surface area contributed by atoms with Gasteiger partial charge in [0.1, 0.15) is 0 Å². The summed E-state index contributed by atoms with van der Waals surface area (Å²) in [7, 11) is 0. The Morgan fingerprint density at radius 1 is 1.12 bits per heavy atom. The minimum Gasteiger partial charge on any atom is -0.376 e. The van der Waals surface area contributed by atoms with Gasteiger partial charge in [-0.1, -0.05) is 31.0 Å². The van der Waals surface area contributed by atoms with Gasteiger partial charge in [-0.25, -0.2) is 0 Å². The van der Waals surface area contributed by atoms with Gasteiger partial charge in [0.25, 0.3) is 5.91 Å². The number of carbonyl (C=O) groups excluding carboxylic acids is 2. The number of amides is 2. The number of benzene rings is 2. The number of hydrogen-bond acceptors (Lipinski definition) is 3. The van der Waals surface area contributed by atoms with Crippen LogP contribution in [0, 0.1) is 0 Å². The fourth-order valence-corrected chi connectivity index (χ4v) is 6.27. The molecule has 2 fully saturated rings. The van der Waals surface area contributed by atoms with Crippen LogP contribution in [0.3, 0.4) is 0 Å². The molecule has 0 radical (unpaired) electrons. The zero-order chi connectivity index (χ0) is 22.4. The van der Waals surface area contributed by atoms with Gasteiger partial charge in [-0.05, 0) is 61.6 Å². The van der Waals surface area contributed by atoms with Crippen molar-refractivity contribution in [1.29, 1.82) is 0 Å². The number of nitrogens with zero attached hydrogens (tertiary/aromatic N) is 1. The highest BCUT2D eigenvalue weighted by molar-refractivity contribution is 6.05. The van der Waals surface area contributed by atoms with Crippen molar-refractivity contribution in [3.8, 4) is 0 Å². The van der Waals surface area contributed by atoms with Gasteiger partial charge in [-0.3, -0.25) is 9.59 Å². The largest absolute Gasteiger partial charge is 0.376 e. The summed E-state index contributed by atoms with van der Waals surface area (Å²) in [5.74, 6) is -0.401. The van der Waals surface area contributed by atoms with E-state index in [0.717, 1.165) is 67.3 Å². The molecule has 0 unspecified atom stereocenters. The molecular formula is C27H29N3O3. The van der Waals surface area contributed by atoms with Crippen LogP contribution in [0.15, 0.2) is 54.7 Å². The van der Waals surface area contributed by atoms with E-state index in [1.54, 1.807) is 0 Å². The lowest BCUT2D eigenvalue weighted by Gasteiger charge is -2.50. The molecule has 6 heteroatoms. The third kappa shape index (κ3) is 3.35. The maximum atomic E-state index is 14.0. The first-order valence-corrected chi connectivity index (χ1v) is 12.1. The van der Waals surface area contributed by atoms with Crippen molar-refractivity contribution in [1.82, 2.24) is 9.88 Å². The lowest BCUT2D eigenvalue weighted by atomic mass is 9.71. The Morgan fingerprint density at radius 3 is 2.79 bits per heavy atom. The molecule has 6 rings (SSSR count). The summed E-state index contributed by atoms with van der Waals surface area (Å²) in [6.45, 7) is 1.31. The number of hydrogen-bond donors (Lipinski definition) is 2. The Labute approximate surface area is 193 Å². The second kappa shape index (κ2) is 8.03. The van der Waals surface area contributed by atoms with Crippen LogP contribution in [0.4, 0.5) is 5.69 Å². The molecule has 1 saturated carbocycles. The molecule has 2 aliphatic heterocycles. The molecule has 33 heavy (non-hydrogen) atoms. The molecule has 2 aromatic carbocycles. The van der Waals surface area contributed by atoms with Gasteiger partial charge in [0.2, 0.25) is 5.91 Å². The SMILES string of the molecule is O=C(Nc1ccc2[nH]ccc2c1)[C@H]1c2ccccc2C(=O)N(C[C@@H]2CCCO2)C12CCCC2. The average Bonchev–Trinajstić information content (AvgIpc) is 3.59. The molecule has 1 saturated heterocycles.